The number of aryl methyl sites for hydroxylation is 2. The number of hydrogen-bond acceptors (Lipinski definition) is 8. The molecule has 0 saturated carbocycles. The van der Waals surface area contributed by atoms with E-state index in [2.05, 4.69) is 12.1 Å². The number of phenols is 2. The average Bonchev–Trinajstić information content (AvgIpc) is 2.92. The standard InChI is InChI=1S/C29H25N4O4P/c1-17-12-22(18(2)11-20(17)19(13-30)14-31)29(15-32,16-33)21-9-10-25(37-4)28(26(21)35)38(5)27-23(34)7-6-8-24(27)36-3/h6-12,19,34-35H,1-5H3. The van der Waals surface area contributed by atoms with Crippen LogP contribution in [0.5, 0.6) is 23.0 Å². The molecule has 0 amide bonds. The molecule has 0 aliphatic heterocycles. The lowest BCUT2D eigenvalue weighted by molar-refractivity contribution is 0.411. The van der Waals surface area contributed by atoms with Gasteiger partial charge in [-0.15, -0.1) is 0 Å². The molecular weight excluding hydrogens is 499 g/mol. The van der Waals surface area contributed by atoms with Gasteiger partial charge in [0.05, 0.1) is 49.1 Å². The molecule has 0 aliphatic carbocycles. The molecule has 0 spiro atoms. The molecule has 0 heterocycles. The maximum absolute atomic E-state index is 11.7. The van der Waals surface area contributed by atoms with E-state index in [-0.39, 0.29) is 17.1 Å². The van der Waals surface area contributed by atoms with Crippen LogP contribution in [0, 0.1) is 59.2 Å². The summed E-state index contributed by atoms with van der Waals surface area (Å²) in [5, 5.41) is 62.7. The number of ether oxygens (including phenoxy) is 2. The van der Waals surface area contributed by atoms with Crippen LogP contribution in [0.1, 0.15) is 33.7 Å². The predicted molar refractivity (Wildman–Crippen MR) is 143 cm³/mol. The van der Waals surface area contributed by atoms with Crippen LogP contribution in [0.2, 0.25) is 0 Å². The molecule has 1 unspecified atom stereocenters. The Morgan fingerprint density at radius 3 is 1.97 bits per heavy atom. The predicted octanol–water partition coefficient (Wildman–Crippen LogP) is 4.26. The van der Waals surface area contributed by atoms with Crippen molar-refractivity contribution in [2.75, 3.05) is 20.9 Å². The van der Waals surface area contributed by atoms with E-state index in [1.54, 1.807) is 44.2 Å². The molecule has 3 rings (SSSR count). The molecule has 190 valence electrons. The second-order valence-electron chi connectivity index (χ2n) is 8.59. The lowest BCUT2D eigenvalue weighted by atomic mass is 9.73. The Hall–Kier alpha value is -4.75. The van der Waals surface area contributed by atoms with Crippen LogP contribution >= 0.6 is 7.92 Å². The van der Waals surface area contributed by atoms with Gasteiger partial charge in [0.1, 0.15) is 23.0 Å². The number of nitriles is 4. The Labute approximate surface area is 222 Å². The normalized spacial score (nSPS) is 11.5. The Morgan fingerprint density at radius 2 is 1.42 bits per heavy atom. The van der Waals surface area contributed by atoms with Crippen molar-refractivity contribution in [3.8, 4) is 47.3 Å². The minimum absolute atomic E-state index is 0.0248. The molecule has 0 aromatic heterocycles. The van der Waals surface area contributed by atoms with Gasteiger partial charge in [-0.25, -0.2) is 0 Å². The molecule has 0 bridgehead atoms. The summed E-state index contributed by atoms with van der Waals surface area (Å²) >= 11 is 0. The smallest absolute Gasteiger partial charge is 0.197 e. The summed E-state index contributed by atoms with van der Waals surface area (Å²) in [5.74, 6) is -0.588. The van der Waals surface area contributed by atoms with Crippen molar-refractivity contribution in [2.24, 2.45) is 0 Å². The zero-order valence-electron chi connectivity index (χ0n) is 21.6. The van der Waals surface area contributed by atoms with Crippen molar-refractivity contribution in [3.63, 3.8) is 0 Å². The van der Waals surface area contributed by atoms with E-state index in [0.29, 0.717) is 44.4 Å². The topological polar surface area (TPSA) is 154 Å². The van der Waals surface area contributed by atoms with E-state index in [1.807, 2.05) is 18.8 Å². The van der Waals surface area contributed by atoms with Crippen LogP contribution in [0.3, 0.4) is 0 Å². The molecule has 0 fully saturated rings. The van der Waals surface area contributed by atoms with Gasteiger partial charge in [0.2, 0.25) is 0 Å². The first-order valence-corrected chi connectivity index (χ1v) is 13.2. The number of benzene rings is 3. The van der Waals surface area contributed by atoms with E-state index in [9.17, 15) is 31.3 Å². The lowest BCUT2D eigenvalue weighted by Crippen LogP contribution is -2.28. The number of rotatable bonds is 7. The molecule has 0 aliphatic rings. The van der Waals surface area contributed by atoms with Gasteiger partial charge < -0.3 is 19.7 Å². The Kier molecular flexibility index (Phi) is 8.13. The second-order valence-corrected chi connectivity index (χ2v) is 10.6. The third-order valence-corrected chi connectivity index (χ3v) is 8.75. The first kappa shape index (κ1) is 27.8. The molecular formula is C29H25N4O4P. The van der Waals surface area contributed by atoms with Crippen LogP contribution in [0.4, 0.5) is 0 Å². The van der Waals surface area contributed by atoms with Crippen LogP contribution in [0.15, 0.2) is 42.5 Å². The third-order valence-electron chi connectivity index (χ3n) is 6.53. The molecule has 0 saturated heterocycles. The van der Waals surface area contributed by atoms with Crippen LogP contribution in [-0.2, 0) is 5.41 Å². The Morgan fingerprint density at radius 1 is 0.816 bits per heavy atom. The molecule has 2 N–H and O–H groups in total. The van der Waals surface area contributed by atoms with Crippen LogP contribution < -0.4 is 20.1 Å². The first-order valence-electron chi connectivity index (χ1n) is 11.4. The summed E-state index contributed by atoms with van der Waals surface area (Å²) in [7, 11) is 1.44. The maximum Gasteiger partial charge on any atom is 0.197 e. The van der Waals surface area contributed by atoms with Crippen molar-refractivity contribution in [1.82, 2.24) is 0 Å². The summed E-state index contributed by atoms with van der Waals surface area (Å²) in [4.78, 5) is 0. The fraction of sp³-hybridized carbons (Fsp3) is 0.241. The second kappa shape index (κ2) is 11.1. The third kappa shape index (κ3) is 4.44. The van der Waals surface area contributed by atoms with E-state index < -0.39 is 19.3 Å². The van der Waals surface area contributed by atoms with Gasteiger partial charge in [-0.3, -0.25) is 0 Å². The van der Waals surface area contributed by atoms with E-state index in [1.165, 1.54) is 26.4 Å². The van der Waals surface area contributed by atoms with Gasteiger partial charge >= 0.3 is 0 Å². The quantitative estimate of drug-likeness (QED) is 0.435. The molecule has 38 heavy (non-hydrogen) atoms. The van der Waals surface area contributed by atoms with E-state index in [0.717, 1.165) is 0 Å². The van der Waals surface area contributed by atoms with E-state index in [4.69, 9.17) is 9.47 Å². The van der Waals surface area contributed by atoms with Gasteiger partial charge in [-0.05, 0) is 75.0 Å². The summed E-state index contributed by atoms with van der Waals surface area (Å²) < 4.78 is 11.0. The molecule has 3 aromatic rings. The fourth-order valence-corrected chi connectivity index (χ4v) is 6.68. The summed E-state index contributed by atoms with van der Waals surface area (Å²) in [6, 6.07) is 19.3. The van der Waals surface area contributed by atoms with Gasteiger partial charge in [-0.1, -0.05) is 18.2 Å². The highest BCUT2D eigenvalue weighted by Gasteiger charge is 2.41. The minimum Gasteiger partial charge on any atom is -0.507 e. The number of hydrogen-bond donors (Lipinski definition) is 2. The summed E-state index contributed by atoms with van der Waals surface area (Å²) in [6.45, 7) is 5.20. The van der Waals surface area contributed by atoms with Crippen molar-refractivity contribution >= 4 is 18.5 Å². The average molecular weight is 525 g/mol. The van der Waals surface area contributed by atoms with Crippen molar-refractivity contribution < 1.29 is 19.7 Å². The maximum atomic E-state index is 11.7. The van der Waals surface area contributed by atoms with Gasteiger partial charge in [-0.2, -0.15) is 21.0 Å². The molecule has 0 radical (unpaired) electrons. The molecule has 9 heteroatoms. The zero-order valence-corrected chi connectivity index (χ0v) is 22.5. The monoisotopic (exact) mass is 524 g/mol. The summed E-state index contributed by atoms with van der Waals surface area (Å²) in [6.07, 6.45) is 0. The fourth-order valence-electron chi connectivity index (χ4n) is 4.61. The van der Waals surface area contributed by atoms with Gasteiger partial charge in [0.25, 0.3) is 0 Å². The van der Waals surface area contributed by atoms with E-state index >= 15 is 0 Å². The number of nitrogens with zero attached hydrogens (tertiary/aromatic N) is 4. The number of aromatic hydroxyl groups is 2. The first-order chi connectivity index (χ1) is 18.1. The van der Waals surface area contributed by atoms with Crippen molar-refractivity contribution in [1.29, 1.82) is 21.0 Å². The van der Waals surface area contributed by atoms with Crippen molar-refractivity contribution in [3.05, 3.63) is 70.3 Å². The Bertz CT molecular complexity index is 1550. The molecule has 1 atom stereocenters. The van der Waals surface area contributed by atoms with Crippen molar-refractivity contribution in [2.45, 2.75) is 25.2 Å². The van der Waals surface area contributed by atoms with Gasteiger partial charge in [0.15, 0.2) is 11.3 Å². The number of phenolic OH excluding ortho intramolecular Hbond substituents is 2. The van der Waals surface area contributed by atoms with Crippen LogP contribution in [0.25, 0.3) is 0 Å². The zero-order chi connectivity index (χ0) is 28.2. The van der Waals surface area contributed by atoms with Crippen LogP contribution in [-0.4, -0.2) is 31.1 Å². The highest BCUT2D eigenvalue weighted by atomic mass is 31.1. The number of methoxy groups -OCH3 is 2. The lowest BCUT2D eigenvalue weighted by Gasteiger charge is -2.27. The highest BCUT2D eigenvalue weighted by Crippen LogP contribution is 2.47. The largest absolute Gasteiger partial charge is 0.507 e. The van der Waals surface area contributed by atoms with Gasteiger partial charge in [0, 0.05) is 5.56 Å². The Balaban J connectivity index is 2.35. The highest BCUT2D eigenvalue weighted by molar-refractivity contribution is 7.73. The molecule has 3 aromatic carbocycles. The SMILES string of the molecule is COc1cccc(O)c1P(C)c1c(OC)ccc(C(C#N)(C#N)c2cc(C)c(C(C#N)C#N)cc2C)c1O. The molecule has 8 nitrogen and oxygen atoms in total. The minimum atomic E-state index is -1.92. The summed E-state index contributed by atoms with van der Waals surface area (Å²) in [5.41, 5.74) is 0.0245.